The minimum Gasteiger partial charge on any atom is -0.378 e. The molecule has 1 rings (SSSR count). The predicted molar refractivity (Wildman–Crippen MR) is 111 cm³/mol. The van der Waals surface area contributed by atoms with Crippen LogP contribution in [0.1, 0.15) is 72.1 Å². The second-order valence-electron chi connectivity index (χ2n) is 6.87. The fourth-order valence-electron chi connectivity index (χ4n) is 2.67. The average molecular weight is 439 g/mol. The van der Waals surface area contributed by atoms with Crippen molar-refractivity contribution in [2.75, 3.05) is 20.2 Å². The molecular formula is C18H38IN3O. The third-order valence-corrected chi connectivity index (χ3v) is 4.61. The molecule has 2 N–H and O–H groups in total. The Labute approximate surface area is 160 Å². The fourth-order valence-corrected chi connectivity index (χ4v) is 2.67. The zero-order chi connectivity index (χ0) is 16.2. The second kappa shape index (κ2) is 14.3. The van der Waals surface area contributed by atoms with Crippen molar-refractivity contribution < 1.29 is 4.74 Å². The van der Waals surface area contributed by atoms with Gasteiger partial charge in [0.25, 0.3) is 0 Å². The number of hydrogen-bond acceptors (Lipinski definition) is 2. The van der Waals surface area contributed by atoms with Crippen molar-refractivity contribution in [2.24, 2.45) is 10.9 Å². The molecule has 5 heteroatoms. The monoisotopic (exact) mass is 439 g/mol. The molecule has 1 fully saturated rings. The van der Waals surface area contributed by atoms with Crippen LogP contribution < -0.4 is 10.6 Å². The van der Waals surface area contributed by atoms with Gasteiger partial charge in [0.15, 0.2) is 5.96 Å². The first kappa shape index (κ1) is 23.0. The Morgan fingerprint density at radius 3 is 2.30 bits per heavy atom. The number of unbranched alkanes of at least 4 members (excludes halogenated alkanes) is 1. The molecule has 138 valence electrons. The van der Waals surface area contributed by atoms with Crippen LogP contribution in [-0.2, 0) is 4.74 Å². The Balaban J connectivity index is 0.00000484. The standard InChI is InChI=1S/C18H37N3O.HI/c1-15(2)16(3)21-18(19-4)20-13-9-10-14-22-17-11-7-5-6-8-12-17;/h15-17H,5-14H2,1-4H3,(H2,19,20,21);1H. The highest BCUT2D eigenvalue weighted by atomic mass is 127. The van der Waals surface area contributed by atoms with E-state index in [0.29, 0.717) is 18.1 Å². The van der Waals surface area contributed by atoms with E-state index in [4.69, 9.17) is 4.74 Å². The molecule has 1 aliphatic rings. The van der Waals surface area contributed by atoms with E-state index >= 15 is 0 Å². The van der Waals surface area contributed by atoms with Crippen molar-refractivity contribution in [1.82, 2.24) is 10.6 Å². The topological polar surface area (TPSA) is 45.7 Å². The van der Waals surface area contributed by atoms with Crippen LogP contribution >= 0.6 is 24.0 Å². The van der Waals surface area contributed by atoms with E-state index in [9.17, 15) is 0 Å². The van der Waals surface area contributed by atoms with Crippen LogP contribution in [0.5, 0.6) is 0 Å². The smallest absolute Gasteiger partial charge is 0.191 e. The van der Waals surface area contributed by atoms with Crippen molar-refractivity contribution >= 4 is 29.9 Å². The van der Waals surface area contributed by atoms with Crippen LogP contribution in [0.15, 0.2) is 4.99 Å². The SMILES string of the molecule is CN=C(NCCCCOC1CCCCCC1)NC(C)C(C)C.I. The Morgan fingerprint density at radius 2 is 1.74 bits per heavy atom. The van der Waals surface area contributed by atoms with Crippen LogP contribution in [0.3, 0.4) is 0 Å². The fraction of sp³-hybridized carbons (Fsp3) is 0.944. The summed E-state index contributed by atoms with van der Waals surface area (Å²) in [5.74, 6) is 1.51. The van der Waals surface area contributed by atoms with Gasteiger partial charge in [-0.15, -0.1) is 24.0 Å². The first-order valence-corrected chi connectivity index (χ1v) is 9.22. The molecular weight excluding hydrogens is 401 g/mol. The van der Waals surface area contributed by atoms with Crippen LogP contribution in [0, 0.1) is 5.92 Å². The van der Waals surface area contributed by atoms with E-state index in [0.717, 1.165) is 32.0 Å². The van der Waals surface area contributed by atoms with Gasteiger partial charge in [-0.3, -0.25) is 4.99 Å². The van der Waals surface area contributed by atoms with E-state index in [-0.39, 0.29) is 24.0 Å². The molecule has 0 spiro atoms. The lowest BCUT2D eigenvalue weighted by Crippen LogP contribution is -2.44. The highest BCUT2D eigenvalue weighted by Crippen LogP contribution is 2.19. The molecule has 0 aromatic heterocycles. The van der Waals surface area contributed by atoms with Crippen LogP contribution in [0.2, 0.25) is 0 Å². The van der Waals surface area contributed by atoms with Crippen molar-refractivity contribution in [2.45, 2.75) is 84.3 Å². The maximum absolute atomic E-state index is 6.02. The van der Waals surface area contributed by atoms with Gasteiger partial charge in [0, 0.05) is 26.2 Å². The number of ether oxygens (including phenoxy) is 1. The number of guanidine groups is 1. The summed E-state index contributed by atoms with van der Waals surface area (Å²) in [6.07, 6.45) is 10.8. The third-order valence-electron chi connectivity index (χ3n) is 4.61. The molecule has 0 aromatic carbocycles. The lowest BCUT2D eigenvalue weighted by molar-refractivity contribution is 0.0411. The molecule has 0 bridgehead atoms. The predicted octanol–water partition coefficient (Wildman–Crippen LogP) is 4.33. The highest BCUT2D eigenvalue weighted by Gasteiger charge is 2.12. The van der Waals surface area contributed by atoms with Gasteiger partial charge < -0.3 is 15.4 Å². The lowest BCUT2D eigenvalue weighted by Gasteiger charge is -2.20. The van der Waals surface area contributed by atoms with Gasteiger partial charge in [-0.2, -0.15) is 0 Å². The number of aliphatic imine (C=N–C) groups is 1. The van der Waals surface area contributed by atoms with E-state index < -0.39 is 0 Å². The summed E-state index contributed by atoms with van der Waals surface area (Å²) in [5, 5.41) is 6.81. The van der Waals surface area contributed by atoms with Crippen LogP contribution in [-0.4, -0.2) is 38.3 Å². The number of halogens is 1. The number of nitrogens with one attached hydrogen (secondary N) is 2. The molecule has 0 amide bonds. The summed E-state index contributed by atoms with van der Waals surface area (Å²) >= 11 is 0. The Hall–Kier alpha value is -0.0400. The largest absolute Gasteiger partial charge is 0.378 e. The average Bonchev–Trinajstić information content (AvgIpc) is 2.77. The van der Waals surface area contributed by atoms with Crippen LogP contribution in [0.4, 0.5) is 0 Å². The molecule has 1 atom stereocenters. The maximum atomic E-state index is 6.02. The summed E-state index contributed by atoms with van der Waals surface area (Å²) < 4.78 is 6.02. The maximum Gasteiger partial charge on any atom is 0.191 e. The zero-order valence-corrected chi connectivity index (χ0v) is 17.9. The Kier molecular flexibility index (Phi) is 14.3. The van der Waals surface area contributed by atoms with Crippen molar-refractivity contribution in [3.63, 3.8) is 0 Å². The van der Waals surface area contributed by atoms with Crippen molar-refractivity contribution in [3.05, 3.63) is 0 Å². The van der Waals surface area contributed by atoms with E-state index in [1.807, 2.05) is 7.05 Å². The zero-order valence-electron chi connectivity index (χ0n) is 15.6. The molecule has 4 nitrogen and oxygen atoms in total. The normalized spacial score (nSPS) is 18.2. The molecule has 1 aliphatic carbocycles. The summed E-state index contributed by atoms with van der Waals surface area (Å²) in [6.45, 7) is 8.49. The quantitative estimate of drug-likeness (QED) is 0.195. The van der Waals surface area contributed by atoms with Gasteiger partial charge in [0.1, 0.15) is 0 Å². The molecule has 23 heavy (non-hydrogen) atoms. The Bertz CT molecular complexity index is 303. The number of rotatable bonds is 8. The van der Waals surface area contributed by atoms with Gasteiger partial charge in [0.05, 0.1) is 6.10 Å². The minimum atomic E-state index is 0. The summed E-state index contributed by atoms with van der Waals surface area (Å²) in [5.41, 5.74) is 0. The molecule has 0 saturated heterocycles. The van der Waals surface area contributed by atoms with Gasteiger partial charge >= 0.3 is 0 Å². The summed E-state index contributed by atoms with van der Waals surface area (Å²) in [7, 11) is 1.83. The van der Waals surface area contributed by atoms with Crippen LogP contribution in [0.25, 0.3) is 0 Å². The summed E-state index contributed by atoms with van der Waals surface area (Å²) in [4.78, 5) is 4.28. The van der Waals surface area contributed by atoms with E-state index in [1.165, 1.54) is 38.5 Å². The summed E-state index contributed by atoms with van der Waals surface area (Å²) in [6, 6.07) is 0.435. The molecule has 1 saturated carbocycles. The van der Waals surface area contributed by atoms with Gasteiger partial charge in [-0.05, 0) is 38.5 Å². The number of hydrogen-bond donors (Lipinski definition) is 2. The molecule has 0 radical (unpaired) electrons. The molecule has 0 aromatic rings. The first-order chi connectivity index (χ1) is 10.6. The highest BCUT2D eigenvalue weighted by molar-refractivity contribution is 14.0. The van der Waals surface area contributed by atoms with E-state index in [2.05, 4.69) is 36.4 Å². The molecule has 0 heterocycles. The Morgan fingerprint density at radius 1 is 1.09 bits per heavy atom. The van der Waals surface area contributed by atoms with Gasteiger partial charge in [-0.1, -0.05) is 39.5 Å². The van der Waals surface area contributed by atoms with E-state index in [1.54, 1.807) is 0 Å². The van der Waals surface area contributed by atoms with Crippen molar-refractivity contribution in [3.8, 4) is 0 Å². The lowest BCUT2D eigenvalue weighted by atomic mass is 10.1. The molecule has 0 aliphatic heterocycles. The number of nitrogens with zero attached hydrogens (tertiary/aromatic N) is 1. The minimum absolute atomic E-state index is 0. The second-order valence-corrected chi connectivity index (χ2v) is 6.87. The van der Waals surface area contributed by atoms with Gasteiger partial charge in [0.2, 0.25) is 0 Å². The van der Waals surface area contributed by atoms with Gasteiger partial charge in [-0.25, -0.2) is 0 Å². The van der Waals surface area contributed by atoms with Crippen molar-refractivity contribution in [1.29, 1.82) is 0 Å². The first-order valence-electron chi connectivity index (χ1n) is 9.22. The molecule has 1 unspecified atom stereocenters. The third kappa shape index (κ3) is 11.2.